The van der Waals surface area contributed by atoms with E-state index in [2.05, 4.69) is 21.7 Å². The Morgan fingerprint density at radius 3 is 2.62 bits per heavy atom. The van der Waals surface area contributed by atoms with E-state index in [1.807, 2.05) is 12.1 Å². The molecule has 2 nitrogen and oxygen atoms in total. The molecule has 2 heterocycles. The summed E-state index contributed by atoms with van der Waals surface area (Å²) in [4.78, 5) is 3.61. The molecule has 1 fully saturated rings. The smallest absolute Gasteiger partial charge is 0.125 e. The van der Waals surface area contributed by atoms with Gasteiger partial charge >= 0.3 is 0 Å². The first-order valence-electron chi connectivity index (χ1n) is 6.68. The van der Waals surface area contributed by atoms with Gasteiger partial charge in [0.1, 0.15) is 5.82 Å². The van der Waals surface area contributed by atoms with Crippen LogP contribution < -0.4 is 5.32 Å². The maximum absolute atomic E-state index is 13.7. The molecule has 1 aromatic carbocycles. The summed E-state index contributed by atoms with van der Waals surface area (Å²) in [6.45, 7) is 3.84. The van der Waals surface area contributed by atoms with Crippen molar-refractivity contribution in [2.24, 2.45) is 0 Å². The van der Waals surface area contributed by atoms with Gasteiger partial charge in [-0.2, -0.15) is 0 Å². The van der Waals surface area contributed by atoms with Crippen LogP contribution in [0.5, 0.6) is 0 Å². The molecular weight excluding hydrogens is 330 g/mol. The molecule has 1 aliphatic heterocycles. The standard InChI is InChI=1S/C15H16ClFN2S.ClH/c16-12-8-11(9-13(17)10-12)15(14-2-1-7-20-14)19-5-3-18-4-6-19;/h1-2,7-10,15,18H,3-6H2;1H/t15-;/m1./s1. The van der Waals surface area contributed by atoms with Crippen molar-refractivity contribution < 1.29 is 4.39 Å². The normalized spacial score (nSPS) is 17.2. The van der Waals surface area contributed by atoms with Gasteiger partial charge in [0.15, 0.2) is 0 Å². The fourth-order valence-electron chi connectivity index (χ4n) is 2.68. The quantitative estimate of drug-likeness (QED) is 0.904. The van der Waals surface area contributed by atoms with E-state index in [0.717, 1.165) is 31.7 Å². The lowest BCUT2D eigenvalue weighted by molar-refractivity contribution is 0.200. The Morgan fingerprint density at radius 1 is 1.24 bits per heavy atom. The van der Waals surface area contributed by atoms with Crippen molar-refractivity contribution in [2.75, 3.05) is 26.2 Å². The minimum Gasteiger partial charge on any atom is -0.314 e. The van der Waals surface area contributed by atoms with Crippen LogP contribution in [0.3, 0.4) is 0 Å². The van der Waals surface area contributed by atoms with Crippen molar-refractivity contribution in [3.8, 4) is 0 Å². The molecule has 0 aliphatic carbocycles. The van der Waals surface area contributed by atoms with Gasteiger partial charge in [-0.25, -0.2) is 4.39 Å². The van der Waals surface area contributed by atoms with Crippen molar-refractivity contribution in [3.05, 3.63) is 57.0 Å². The number of thiophene rings is 1. The van der Waals surface area contributed by atoms with Crippen LogP contribution in [0.2, 0.25) is 5.02 Å². The largest absolute Gasteiger partial charge is 0.314 e. The van der Waals surface area contributed by atoms with E-state index in [-0.39, 0.29) is 24.3 Å². The van der Waals surface area contributed by atoms with Crippen LogP contribution in [0.25, 0.3) is 0 Å². The lowest BCUT2D eigenvalue weighted by Gasteiger charge is -2.34. The fourth-order valence-corrected chi connectivity index (χ4v) is 3.79. The van der Waals surface area contributed by atoms with E-state index >= 15 is 0 Å². The van der Waals surface area contributed by atoms with Crippen molar-refractivity contribution in [3.63, 3.8) is 0 Å². The molecular formula is C15H17Cl2FN2S. The van der Waals surface area contributed by atoms with Gasteiger partial charge in [-0.1, -0.05) is 17.7 Å². The number of nitrogens with one attached hydrogen (secondary N) is 1. The van der Waals surface area contributed by atoms with Crippen molar-refractivity contribution >= 4 is 35.3 Å². The van der Waals surface area contributed by atoms with Gasteiger partial charge in [0.2, 0.25) is 0 Å². The van der Waals surface area contributed by atoms with Crippen LogP contribution in [-0.4, -0.2) is 31.1 Å². The number of hydrogen-bond acceptors (Lipinski definition) is 3. The van der Waals surface area contributed by atoms with Crippen molar-refractivity contribution in [1.29, 1.82) is 0 Å². The number of nitrogens with zero attached hydrogens (tertiary/aromatic N) is 1. The highest BCUT2D eigenvalue weighted by Gasteiger charge is 2.25. The van der Waals surface area contributed by atoms with Crippen LogP contribution in [-0.2, 0) is 0 Å². The monoisotopic (exact) mass is 346 g/mol. The van der Waals surface area contributed by atoms with Crippen LogP contribution in [0.15, 0.2) is 35.7 Å². The fraction of sp³-hybridized carbons (Fsp3) is 0.333. The minimum absolute atomic E-state index is 0. The SMILES string of the molecule is Cl.Fc1cc(Cl)cc([C@H](c2cccs2)N2CCNCC2)c1. The average Bonchev–Trinajstić information content (AvgIpc) is 2.93. The zero-order valence-electron chi connectivity index (χ0n) is 11.4. The maximum Gasteiger partial charge on any atom is 0.125 e. The molecule has 0 spiro atoms. The predicted octanol–water partition coefficient (Wildman–Crippen LogP) is 3.96. The highest BCUT2D eigenvalue weighted by molar-refractivity contribution is 7.10. The summed E-state index contributed by atoms with van der Waals surface area (Å²) in [6, 6.07) is 9.06. The van der Waals surface area contributed by atoms with Crippen LogP contribution in [0, 0.1) is 5.82 Å². The molecule has 0 saturated carbocycles. The second kappa shape index (κ2) is 7.56. The van der Waals surface area contributed by atoms with E-state index in [4.69, 9.17) is 11.6 Å². The van der Waals surface area contributed by atoms with E-state index in [9.17, 15) is 4.39 Å². The number of rotatable bonds is 3. The van der Waals surface area contributed by atoms with E-state index in [1.165, 1.54) is 10.9 Å². The van der Waals surface area contributed by atoms with Crippen LogP contribution in [0.4, 0.5) is 4.39 Å². The molecule has 0 radical (unpaired) electrons. The first kappa shape index (κ1) is 16.7. The Bertz CT molecular complexity index is 551. The van der Waals surface area contributed by atoms with E-state index in [0.29, 0.717) is 5.02 Å². The summed E-state index contributed by atoms with van der Waals surface area (Å²) in [5.74, 6) is -0.274. The number of halogens is 3. The second-order valence-corrected chi connectivity index (χ2v) is 6.32. The molecule has 1 aromatic heterocycles. The Morgan fingerprint density at radius 2 is 2.00 bits per heavy atom. The maximum atomic E-state index is 13.7. The third kappa shape index (κ3) is 3.96. The molecule has 1 atom stereocenters. The van der Waals surface area contributed by atoms with Gasteiger partial charge in [-0.05, 0) is 35.2 Å². The van der Waals surface area contributed by atoms with E-state index in [1.54, 1.807) is 17.4 Å². The molecule has 0 amide bonds. The molecule has 114 valence electrons. The molecule has 0 unspecified atom stereocenters. The molecule has 1 saturated heterocycles. The highest BCUT2D eigenvalue weighted by atomic mass is 35.5. The summed E-state index contributed by atoms with van der Waals surface area (Å²) in [5.41, 5.74) is 0.930. The Balaban J connectivity index is 0.00000161. The molecule has 3 rings (SSSR count). The van der Waals surface area contributed by atoms with Gasteiger partial charge in [0, 0.05) is 36.1 Å². The minimum atomic E-state index is -0.274. The molecule has 0 bridgehead atoms. The molecule has 6 heteroatoms. The third-order valence-electron chi connectivity index (χ3n) is 3.53. The third-order valence-corrected chi connectivity index (χ3v) is 4.67. The average molecular weight is 347 g/mol. The first-order chi connectivity index (χ1) is 9.74. The lowest BCUT2D eigenvalue weighted by Crippen LogP contribution is -2.45. The Kier molecular flexibility index (Phi) is 6.02. The first-order valence-corrected chi connectivity index (χ1v) is 7.94. The van der Waals surface area contributed by atoms with Gasteiger partial charge in [-0.15, -0.1) is 23.7 Å². The Labute approximate surface area is 139 Å². The Hall–Kier alpha value is -0.650. The second-order valence-electron chi connectivity index (χ2n) is 4.91. The molecule has 1 N–H and O–H groups in total. The van der Waals surface area contributed by atoms with Crippen molar-refractivity contribution in [1.82, 2.24) is 10.2 Å². The van der Waals surface area contributed by atoms with Gasteiger partial charge in [-0.3, -0.25) is 4.90 Å². The number of piperazine rings is 1. The van der Waals surface area contributed by atoms with E-state index < -0.39 is 0 Å². The topological polar surface area (TPSA) is 15.3 Å². The molecule has 2 aromatic rings. The number of hydrogen-bond donors (Lipinski definition) is 1. The van der Waals surface area contributed by atoms with Gasteiger partial charge in [0.05, 0.1) is 6.04 Å². The highest BCUT2D eigenvalue weighted by Crippen LogP contribution is 2.33. The summed E-state index contributed by atoms with van der Waals surface area (Å²) in [6.07, 6.45) is 0. The predicted molar refractivity (Wildman–Crippen MR) is 89.3 cm³/mol. The lowest BCUT2D eigenvalue weighted by atomic mass is 10.0. The number of benzene rings is 1. The van der Waals surface area contributed by atoms with Gasteiger partial charge in [0.25, 0.3) is 0 Å². The summed E-state index contributed by atoms with van der Waals surface area (Å²) in [7, 11) is 0. The zero-order valence-corrected chi connectivity index (χ0v) is 13.8. The summed E-state index contributed by atoms with van der Waals surface area (Å²) >= 11 is 7.73. The summed E-state index contributed by atoms with van der Waals surface area (Å²) < 4.78 is 13.7. The molecule has 21 heavy (non-hydrogen) atoms. The van der Waals surface area contributed by atoms with Gasteiger partial charge < -0.3 is 5.32 Å². The molecule has 1 aliphatic rings. The zero-order chi connectivity index (χ0) is 13.9. The van der Waals surface area contributed by atoms with Crippen molar-refractivity contribution in [2.45, 2.75) is 6.04 Å². The van der Waals surface area contributed by atoms with Crippen LogP contribution >= 0.6 is 35.3 Å². The summed E-state index contributed by atoms with van der Waals surface area (Å²) in [5, 5.41) is 5.87. The van der Waals surface area contributed by atoms with Crippen LogP contribution in [0.1, 0.15) is 16.5 Å².